The Morgan fingerprint density at radius 1 is 0.933 bits per heavy atom. The van der Waals surface area contributed by atoms with E-state index in [4.69, 9.17) is 14.2 Å². The average Bonchev–Trinajstić information content (AvgIpc) is 2.97. The molecule has 0 saturated carbocycles. The summed E-state index contributed by atoms with van der Waals surface area (Å²) in [6, 6.07) is 10.3. The van der Waals surface area contributed by atoms with Gasteiger partial charge in [-0.15, -0.1) is 0 Å². The second-order valence-corrected chi connectivity index (χ2v) is 4.39. The molecular formula is C12H12O3. The van der Waals surface area contributed by atoms with Crippen LogP contribution in [0.25, 0.3) is 0 Å². The van der Waals surface area contributed by atoms with Crippen LogP contribution in [0.2, 0.25) is 0 Å². The lowest BCUT2D eigenvalue weighted by atomic mass is 10.0. The standard InChI is InChI=1S/C12H12O3/c1-2-4-7(5-3-1)10-8-6-9-11(13-9)12(14-8)15-10/h1-5,8-12H,6H2. The molecule has 78 valence electrons. The minimum atomic E-state index is -0.126. The topological polar surface area (TPSA) is 31.0 Å². The minimum Gasteiger partial charge on any atom is -0.364 e. The van der Waals surface area contributed by atoms with Gasteiger partial charge in [-0.2, -0.15) is 0 Å². The third kappa shape index (κ3) is 1.17. The Morgan fingerprint density at radius 2 is 1.80 bits per heavy atom. The van der Waals surface area contributed by atoms with E-state index in [1.165, 1.54) is 5.56 Å². The molecule has 0 spiro atoms. The molecule has 4 rings (SSSR count). The fourth-order valence-electron chi connectivity index (χ4n) is 2.59. The van der Waals surface area contributed by atoms with Crippen molar-refractivity contribution in [1.82, 2.24) is 0 Å². The summed E-state index contributed by atoms with van der Waals surface area (Å²) in [5, 5.41) is 0. The van der Waals surface area contributed by atoms with Gasteiger partial charge < -0.3 is 14.2 Å². The summed E-state index contributed by atoms with van der Waals surface area (Å²) in [5.74, 6) is 0. The summed E-state index contributed by atoms with van der Waals surface area (Å²) in [4.78, 5) is 0. The number of rotatable bonds is 1. The predicted octanol–water partition coefficient (Wildman–Crippen LogP) is 1.64. The second-order valence-electron chi connectivity index (χ2n) is 4.39. The molecule has 5 atom stereocenters. The monoisotopic (exact) mass is 204 g/mol. The van der Waals surface area contributed by atoms with E-state index in [1.54, 1.807) is 0 Å². The minimum absolute atomic E-state index is 0.104. The maximum atomic E-state index is 5.88. The highest BCUT2D eigenvalue weighted by Gasteiger charge is 2.58. The van der Waals surface area contributed by atoms with Gasteiger partial charge in [-0.1, -0.05) is 30.3 Å². The van der Waals surface area contributed by atoms with Crippen molar-refractivity contribution >= 4 is 0 Å². The molecule has 3 heterocycles. The van der Waals surface area contributed by atoms with Gasteiger partial charge in [-0.05, 0) is 5.56 Å². The second kappa shape index (κ2) is 2.82. The van der Waals surface area contributed by atoms with E-state index in [0.717, 1.165) is 6.42 Å². The molecule has 3 aliphatic rings. The third-order valence-electron chi connectivity index (χ3n) is 3.41. The first-order valence-electron chi connectivity index (χ1n) is 5.43. The summed E-state index contributed by atoms with van der Waals surface area (Å²) in [6.07, 6.45) is 1.73. The van der Waals surface area contributed by atoms with Crippen LogP contribution in [0.5, 0.6) is 0 Å². The van der Waals surface area contributed by atoms with Crippen LogP contribution < -0.4 is 0 Å². The van der Waals surface area contributed by atoms with Gasteiger partial charge in [0.05, 0.1) is 12.2 Å². The Bertz CT molecular complexity index is 376. The first kappa shape index (κ1) is 8.28. The van der Waals surface area contributed by atoms with Gasteiger partial charge in [0.1, 0.15) is 12.2 Å². The predicted molar refractivity (Wildman–Crippen MR) is 52.2 cm³/mol. The largest absolute Gasteiger partial charge is 0.364 e. The molecule has 0 aliphatic carbocycles. The lowest BCUT2D eigenvalue weighted by Crippen LogP contribution is -2.26. The third-order valence-corrected chi connectivity index (χ3v) is 3.41. The van der Waals surface area contributed by atoms with Gasteiger partial charge >= 0.3 is 0 Å². The lowest BCUT2D eigenvalue weighted by molar-refractivity contribution is -0.0857. The van der Waals surface area contributed by atoms with Crippen LogP contribution in [0.4, 0.5) is 0 Å². The van der Waals surface area contributed by atoms with E-state index in [2.05, 4.69) is 12.1 Å². The first-order chi connectivity index (χ1) is 7.42. The molecule has 1 aromatic carbocycles. The summed E-state index contributed by atoms with van der Waals surface area (Å²) in [5.41, 5.74) is 1.21. The highest BCUT2D eigenvalue weighted by Crippen LogP contribution is 2.48. The van der Waals surface area contributed by atoms with Crippen LogP contribution >= 0.6 is 0 Å². The Balaban J connectivity index is 1.65. The van der Waals surface area contributed by atoms with Gasteiger partial charge in [0, 0.05) is 6.42 Å². The van der Waals surface area contributed by atoms with Crippen LogP contribution in [0.15, 0.2) is 30.3 Å². The molecule has 3 heteroatoms. The molecule has 15 heavy (non-hydrogen) atoms. The van der Waals surface area contributed by atoms with Crippen LogP contribution in [0, 0.1) is 0 Å². The zero-order chi connectivity index (χ0) is 9.83. The quantitative estimate of drug-likeness (QED) is 0.651. The van der Waals surface area contributed by atoms with Gasteiger partial charge in [0.2, 0.25) is 0 Å². The molecule has 0 aromatic heterocycles. The number of benzene rings is 1. The van der Waals surface area contributed by atoms with Gasteiger partial charge in [-0.25, -0.2) is 0 Å². The SMILES string of the molecule is c1ccc(C2OC3OC2CC2OC23)cc1. The van der Waals surface area contributed by atoms with Crippen LogP contribution in [-0.2, 0) is 14.2 Å². The Kier molecular flexibility index (Phi) is 1.55. The van der Waals surface area contributed by atoms with Crippen LogP contribution in [0.3, 0.4) is 0 Å². The van der Waals surface area contributed by atoms with E-state index in [1.807, 2.05) is 18.2 Å². The summed E-state index contributed by atoms with van der Waals surface area (Å²) in [6.45, 7) is 0. The zero-order valence-corrected chi connectivity index (χ0v) is 8.21. The zero-order valence-electron chi connectivity index (χ0n) is 8.21. The fourth-order valence-corrected chi connectivity index (χ4v) is 2.59. The molecule has 3 fully saturated rings. The highest BCUT2D eigenvalue weighted by molar-refractivity contribution is 5.21. The number of ether oxygens (including phenoxy) is 3. The summed E-state index contributed by atoms with van der Waals surface area (Å²) >= 11 is 0. The van der Waals surface area contributed by atoms with E-state index in [9.17, 15) is 0 Å². The normalized spacial score (nSPS) is 46.3. The van der Waals surface area contributed by atoms with E-state index >= 15 is 0 Å². The molecule has 0 amide bonds. The Morgan fingerprint density at radius 3 is 2.67 bits per heavy atom. The maximum Gasteiger partial charge on any atom is 0.187 e. The molecular weight excluding hydrogens is 192 g/mol. The molecule has 1 aromatic rings. The van der Waals surface area contributed by atoms with Crippen molar-refractivity contribution in [2.45, 2.75) is 37.1 Å². The van der Waals surface area contributed by atoms with Crippen molar-refractivity contribution in [3.05, 3.63) is 35.9 Å². The van der Waals surface area contributed by atoms with Gasteiger partial charge in [0.25, 0.3) is 0 Å². The molecule has 2 bridgehead atoms. The lowest BCUT2D eigenvalue weighted by Gasteiger charge is -2.16. The Hall–Kier alpha value is -0.900. The van der Waals surface area contributed by atoms with Crippen molar-refractivity contribution in [2.75, 3.05) is 0 Å². The van der Waals surface area contributed by atoms with Crippen molar-refractivity contribution < 1.29 is 14.2 Å². The van der Waals surface area contributed by atoms with Crippen molar-refractivity contribution in [2.24, 2.45) is 0 Å². The van der Waals surface area contributed by atoms with Gasteiger partial charge in [-0.3, -0.25) is 0 Å². The number of epoxide rings is 1. The molecule has 3 aliphatic heterocycles. The Labute approximate surface area is 87.9 Å². The highest BCUT2D eigenvalue weighted by atomic mass is 16.8. The number of fused-ring (bicyclic) bond motifs is 4. The molecule has 5 unspecified atom stereocenters. The van der Waals surface area contributed by atoms with E-state index in [-0.39, 0.29) is 24.6 Å². The molecule has 0 radical (unpaired) electrons. The van der Waals surface area contributed by atoms with Gasteiger partial charge in [0.15, 0.2) is 6.29 Å². The van der Waals surface area contributed by atoms with Crippen LogP contribution in [0.1, 0.15) is 18.1 Å². The molecule has 3 saturated heterocycles. The average molecular weight is 204 g/mol. The smallest absolute Gasteiger partial charge is 0.187 e. The molecule has 3 nitrogen and oxygen atoms in total. The first-order valence-corrected chi connectivity index (χ1v) is 5.43. The fraction of sp³-hybridized carbons (Fsp3) is 0.500. The van der Waals surface area contributed by atoms with Crippen molar-refractivity contribution in [1.29, 1.82) is 0 Å². The summed E-state index contributed by atoms with van der Waals surface area (Å²) < 4.78 is 17.1. The number of hydrogen-bond acceptors (Lipinski definition) is 3. The number of hydrogen-bond donors (Lipinski definition) is 0. The molecule has 0 N–H and O–H groups in total. The van der Waals surface area contributed by atoms with Crippen LogP contribution in [-0.4, -0.2) is 24.6 Å². The summed E-state index contributed by atoms with van der Waals surface area (Å²) in [7, 11) is 0. The van der Waals surface area contributed by atoms with Crippen molar-refractivity contribution in [3.8, 4) is 0 Å². The maximum absolute atomic E-state index is 5.88. The van der Waals surface area contributed by atoms with E-state index in [0.29, 0.717) is 6.10 Å². The van der Waals surface area contributed by atoms with E-state index < -0.39 is 0 Å². The van der Waals surface area contributed by atoms with Crippen molar-refractivity contribution in [3.63, 3.8) is 0 Å².